The highest BCUT2D eigenvalue weighted by atomic mass is 79.9. The second-order valence-corrected chi connectivity index (χ2v) is 6.09. The summed E-state index contributed by atoms with van der Waals surface area (Å²) in [6, 6.07) is 3.84. The molecule has 110 valence electrons. The summed E-state index contributed by atoms with van der Waals surface area (Å²) in [7, 11) is 1.37. The molecule has 0 saturated heterocycles. The van der Waals surface area contributed by atoms with Crippen LogP contribution in [0.1, 0.15) is 5.69 Å². The third-order valence-electron chi connectivity index (χ3n) is 2.95. The number of hydrogen-bond acceptors (Lipinski definition) is 6. The van der Waals surface area contributed by atoms with Gasteiger partial charge in [-0.15, -0.1) is 11.3 Å². The highest BCUT2D eigenvalue weighted by molar-refractivity contribution is 9.10. The molecule has 1 aromatic carbocycles. The summed E-state index contributed by atoms with van der Waals surface area (Å²) in [5, 5.41) is 2.68. The van der Waals surface area contributed by atoms with E-state index in [0.717, 1.165) is 20.8 Å². The van der Waals surface area contributed by atoms with Crippen LogP contribution in [0.3, 0.4) is 0 Å². The number of thiazole rings is 1. The Morgan fingerprint density at radius 1 is 1.43 bits per heavy atom. The first-order valence-corrected chi connectivity index (χ1v) is 7.95. The summed E-state index contributed by atoms with van der Waals surface area (Å²) >= 11 is 4.96. The SMILES string of the molecule is COC(=O)Cc1csc(-c2cc(Br)c3c(c2)OCCO3)n1. The maximum atomic E-state index is 11.3. The number of nitrogens with zero attached hydrogens (tertiary/aromatic N) is 1. The number of hydrogen-bond donors (Lipinski definition) is 0. The fourth-order valence-electron chi connectivity index (χ4n) is 1.98. The van der Waals surface area contributed by atoms with Crippen molar-refractivity contribution in [1.82, 2.24) is 4.98 Å². The lowest BCUT2D eigenvalue weighted by Gasteiger charge is -2.20. The van der Waals surface area contributed by atoms with Gasteiger partial charge in [-0.2, -0.15) is 0 Å². The Balaban J connectivity index is 1.90. The van der Waals surface area contributed by atoms with Crippen LogP contribution in [0.2, 0.25) is 0 Å². The van der Waals surface area contributed by atoms with E-state index in [9.17, 15) is 4.79 Å². The van der Waals surface area contributed by atoms with Crippen molar-refractivity contribution in [2.24, 2.45) is 0 Å². The van der Waals surface area contributed by atoms with Gasteiger partial charge in [-0.25, -0.2) is 4.98 Å². The van der Waals surface area contributed by atoms with Crippen LogP contribution >= 0.6 is 27.3 Å². The lowest BCUT2D eigenvalue weighted by Crippen LogP contribution is -2.15. The minimum Gasteiger partial charge on any atom is -0.486 e. The lowest BCUT2D eigenvalue weighted by atomic mass is 10.2. The van der Waals surface area contributed by atoms with Gasteiger partial charge >= 0.3 is 5.97 Å². The van der Waals surface area contributed by atoms with Gasteiger partial charge < -0.3 is 14.2 Å². The molecule has 2 heterocycles. The average Bonchev–Trinajstić information content (AvgIpc) is 2.95. The molecule has 0 saturated carbocycles. The number of esters is 1. The van der Waals surface area contributed by atoms with Gasteiger partial charge in [-0.05, 0) is 28.1 Å². The number of carbonyl (C=O) groups excluding carboxylic acids is 1. The highest BCUT2D eigenvalue weighted by Gasteiger charge is 2.18. The van der Waals surface area contributed by atoms with Crippen LogP contribution in [0.15, 0.2) is 22.0 Å². The largest absolute Gasteiger partial charge is 0.486 e. The molecule has 0 amide bonds. The third kappa shape index (κ3) is 3.03. The molecular formula is C14H12BrNO4S. The third-order valence-corrected chi connectivity index (χ3v) is 4.48. The predicted octanol–water partition coefficient (Wildman–Crippen LogP) is 3.06. The Labute approximate surface area is 134 Å². The van der Waals surface area contributed by atoms with Crippen LogP contribution in [0.25, 0.3) is 10.6 Å². The van der Waals surface area contributed by atoms with E-state index in [-0.39, 0.29) is 12.4 Å². The number of carbonyl (C=O) groups is 1. The second kappa shape index (κ2) is 6.03. The van der Waals surface area contributed by atoms with Gasteiger partial charge in [-0.1, -0.05) is 0 Å². The summed E-state index contributed by atoms with van der Waals surface area (Å²) in [4.78, 5) is 15.7. The van der Waals surface area contributed by atoms with Gasteiger partial charge in [-0.3, -0.25) is 4.79 Å². The molecule has 0 fully saturated rings. The van der Waals surface area contributed by atoms with Gasteiger partial charge in [0.1, 0.15) is 18.2 Å². The van der Waals surface area contributed by atoms with Crippen molar-refractivity contribution in [3.05, 3.63) is 27.7 Å². The van der Waals surface area contributed by atoms with Gasteiger partial charge in [0.15, 0.2) is 11.5 Å². The molecule has 2 aromatic rings. The number of fused-ring (bicyclic) bond motifs is 1. The normalized spacial score (nSPS) is 13.0. The summed E-state index contributed by atoms with van der Waals surface area (Å²) in [5.41, 5.74) is 1.63. The molecule has 7 heteroatoms. The van der Waals surface area contributed by atoms with Crippen LogP contribution in [-0.2, 0) is 16.0 Å². The topological polar surface area (TPSA) is 57.7 Å². The smallest absolute Gasteiger partial charge is 0.311 e. The maximum absolute atomic E-state index is 11.3. The summed E-state index contributed by atoms with van der Waals surface area (Å²) in [5.74, 6) is 1.13. The van der Waals surface area contributed by atoms with Crippen molar-refractivity contribution in [3.63, 3.8) is 0 Å². The average molecular weight is 370 g/mol. The Bertz CT molecular complexity index is 686. The Kier molecular flexibility index (Phi) is 4.12. The number of rotatable bonds is 3. The molecule has 0 radical (unpaired) electrons. The predicted molar refractivity (Wildman–Crippen MR) is 82.0 cm³/mol. The van der Waals surface area contributed by atoms with E-state index in [2.05, 4.69) is 25.7 Å². The standard InChI is InChI=1S/C14H12BrNO4S/c1-18-12(17)6-9-7-21-14(16-9)8-4-10(15)13-11(5-8)19-2-3-20-13/h4-5,7H,2-3,6H2,1H3. The molecule has 21 heavy (non-hydrogen) atoms. The number of ether oxygens (including phenoxy) is 3. The van der Waals surface area contributed by atoms with E-state index in [1.54, 1.807) is 0 Å². The molecule has 1 aromatic heterocycles. The first kappa shape index (κ1) is 14.3. The van der Waals surface area contributed by atoms with Crippen LogP contribution in [-0.4, -0.2) is 31.3 Å². The molecule has 0 unspecified atom stereocenters. The first-order chi connectivity index (χ1) is 10.2. The Hall–Kier alpha value is -1.60. The van der Waals surface area contributed by atoms with Crippen LogP contribution in [0.4, 0.5) is 0 Å². The molecular weight excluding hydrogens is 358 g/mol. The van der Waals surface area contributed by atoms with Crippen molar-refractivity contribution in [2.75, 3.05) is 20.3 Å². The van der Waals surface area contributed by atoms with Crippen molar-refractivity contribution in [3.8, 4) is 22.1 Å². The van der Waals surface area contributed by atoms with Gasteiger partial charge in [0.05, 0.1) is 23.7 Å². The van der Waals surface area contributed by atoms with Gasteiger partial charge in [0.2, 0.25) is 0 Å². The van der Waals surface area contributed by atoms with E-state index in [4.69, 9.17) is 9.47 Å². The van der Waals surface area contributed by atoms with Crippen LogP contribution < -0.4 is 9.47 Å². The minimum absolute atomic E-state index is 0.179. The van der Waals surface area contributed by atoms with Crippen molar-refractivity contribution < 1.29 is 19.0 Å². The maximum Gasteiger partial charge on any atom is 0.311 e. The van der Waals surface area contributed by atoms with E-state index in [1.807, 2.05) is 17.5 Å². The molecule has 0 N–H and O–H groups in total. The molecule has 3 rings (SSSR count). The number of methoxy groups -OCH3 is 1. The minimum atomic E-state index is -0.296. The molecule has 0 atom stereocenters. The zero-order chi connectivity index (χ0) is 14.8. The molecule has 0 spiro atoms. The van der Waals surface area contributed by atoms with E-state index in [1.165, 1.54) is 18.4 Å². The Morgan fingerprint density at radius 3 is 3.05 bits per heavy atom. The lowest BCUT2D eigenvalue weighted by molar-refractivity contribution is -0.139. The fraction of sp³-hybridized carbons (Fsp3) is 0.286. The Morgan fingerprint density at radius 2 is 2.24 bits per heavy atom. The first-order valence-electron chi connectivity index (χ1n) is 6.28. The van der Waals surface area contributed by atoms with Crippen molar-refractivity contribution in [1.29, 1.82) is 0 Å². The molecule has 0 aliphatic carbocycles. The summed E-state index contributed by atoms with van der Waals surface area (Å²) in [6.07, 6.45) is 0.179. The quantitative estimate of drug-likeness (QED) is 0.778. The van der Waals surface area contributed by atoms with E-state index in [0.29, 0.717) is 24.7 Å². The number of halogens is 1. The second-order valence-electron chi connectivity index (χ2n) is 4.38. The van der Waals surface area contributed by atoms with E-state index >= 15 is 0 Å². The summed E-state index contributed by atoms with van der Waals surface area (Å²) in [6.45, 7) is 1.08. The van der Waals surface area contributed by atoms with Crippen LogP contribution in [0, 0.1) is 0 Å². The van der Waals surface area contributed by atoms with Gasteiger partial charge in [0.25, 0.3) is 0 Å². The zero-order valence-corrected chi connectivity index (χ0v) is 13.6. The van der Waals surface area contributed by atoms with Gasteiger partial charge in [0, 0.05) is 10.9 Å². The number of aromatic nitrogens is 1. The highest BCUT2D eigenvalue weighted by Crippen LogP contribution is 2.41. The van der Waals surface area contributed by atoms with Crippen molar-refractivity contribution >= 4 is 33.2 Å². The van der Waals surface area contributed by atoms with Crippen molar-refractivity contribution in [2.45, 2.75) is 6.42 Å². The molecule has 5 nitrogen and oxygen atoms in total. The monoisotopic (exact) mass is 369 g/mol. The number of benzene rings is 1. The van der Waals surface area contributed by atoms with E-state index < -0.39 is 0 Å². The molecule has 1 aliphatic rings. The fourth-order valence-corrected chi connectivity index (χ4v) is 3.34. The molecule has 0 bridgehead atoms. The molecule has 1 aliphatic heterocycles. The zero-order valence-electron chi connectivity index (χ0n) is 11.2. The van der Waals surface area contributed by atoms with Crippen LogP contribution in [0.5, 0.6) is 11.5 Å². The summed E-state index contributed by atoms with van der Waals surface area (Å²) < 4.78 is 16.6.